The number of benzene rings is 1. The van der Waals surface area contributed by atoms with Crippen LogP contribution < -0.4 is 10.2 Å². The van der Waals surface area contributed by atoms with E-state index in [1.165, 1.54) is 17.7 Å². The van der Waals surface area contributed by atoms with Crippen molar-refractivity contribution in [1.29, 1.82) is 0 Å². The highest BCUT2D eigenvalue weighted by Crippen LogP contribution is 2.30. The van der Waals surface area contributed by atoms with Crippen LogP contribution in [0.3, 0.4) is 0 Å². The summed E-state index contributed by atoms with van der Waals surface area (Å²) in [6.07, 6.45) is 3.08. The molecule has 1 aromatic carbocycles. The zero-order chi connectivity index (χ0) is 11.4. The van der Waals surface area contributed by atoms with Gasteiger partial charge in [0, 0.05) is 31.4 Å². The Bertz CT molecular complexity index is 360. The van der Waals surface area contributed by atoms with Crippen LogP contribution in [0.4, 0.5) is 5.69 Å². The molecule has 0 spiro atoms. The van der Waals surface area contributed by atoms with Crippen molar-refractivity contribution >= 4 is 5.69 Å². The van der Waals surface area contributed by atoms with E-state index in [1.54, 1.807) is 0 Å². The lowest BCUT2D eigenvalue weighted by atomic mass is 10.1. The van der Waals surface area contributed by atoms with Crippen LogP contribution in [-0.4, -0.2) is 25.7 Å². The highest BCUT2D eigenvalue weighted by molar-refractivity contribution is 5.59. The first-order chi connectivity index (χ1) is 7.83. The summed E-state index contributed by atoms with van der Waals surface area (Å²) in [7, 11) is 0. The second-order valence-corrected chi connectivity index (χ2v) is 4.37. The minimum Gasteiger partial charge on any atom is -0.367 e. The van der Waals surface area contributed by atoms with Crippen molar-refractivity contribution < 1.29 is 0 Å². The van der Waals surface area contributed by atoms with Gasteiger partial charge in [-0.05, 0) is 25.0 Å². The summed E-state index contributed by atoms with van der Waals surface area (Å²) >= 11 is 0. The van der Waals surface area contributed by atoms with Crippen molar-refractivity contribution in [3.05, 3.63) is 42.5 Å². The van der Waals surface area contributed by atoms with Gasteiger partial charge in [-0.2, -0.15) is 0 Å². The molecule has 0 amide bonds. The predicted molar refractivity (Wildman–Crippen MR) is 70.0 cm³/mol. The van der Waals surface area contributed by atoms with E-state index >= 15 is 0 Å². The molecule has 0 aromatic heterocycles. The SMILES string of the molecule is C=CCNCCN1c2ccccc2CC1C. The molecule has 1 aromatic rings. The number of para-hydroxylation sites is 1. The summed E-state index contributed by atoms with van der Waals surface area (Å²) < 4.78 is 0. The van der Waals surface area contributed by atoms with Crippen molar-refractivity contribution in [3.8, 4) is 0 Å². The summed E-state index contributed by atoms with van der Waals surface area (Å²) in [6, 6.07) is 9.35. The van der Waals surface area contributed by atoms with Gasteiger partial charge in [0.15, 0.2) is 0 Å². The summed E-state index contributed by atoms with van der Waals surface area (Å²) in [5.41, 5.74) is 2.90. The first-order valence-electron chi connectivity index (χ1n) is 5.99. The van der Waals surface area contributed by atoms with Gasteiger partial charge in [0.25, 0.3) is 0 Å². The fourth-order valence-corrected chi connectivity index (χ4v) is 2.37. The molecule has 0 fully saturated rings. The van der Waals surface area contributed by atoms with E-state index in [0.29, 0.717) is 6.04 Å². The standard InChI is InChI=1S/C14H20N2/c1-3-8-15-9-10-16-12(2)11-13-6-4-5-7-14(13)16/h3-7,12,15H,1,8-11H2,2H3. The fourth-order valence-electron chi connectivity index (χ4n) is 2.37. The van der Waals surface area contributed by atoms with Gasteiger partial charge < -0.3 is 10.2 Å². The highest BCUT2D eigenvalue weighted by atomic mass is 15.2. The van der Waals surface area contributed by atoms with Gasteiger partial charge in [-0.3, -0.25) is 0 Å². The molecule has 1 N–H and O–H groups in total. The van der Waals surface area contributed by atoms with Gasteiger partial charge >= 0.3 is 0 Å². The maximum atomic E-state index is 3.70. The number of hydrogen-bond donors (Lipinski definition) is 1. The lowest BCUT2D eigenvalue weighted by Crippen LogP contribution is -2.35. The second-order valence-electron chi connectivity index (χ2n) is 4.37. The third-order valence-electron chi connectivity index (χ3n) is 3.17. The molecule has 0 saturated heterocycles. The number of anilines is 1. The van der Waals surface area contributed by atoms with Crippen LogP contribution in [0.2, 0.25) is 0 Å². The fraction of sp³-hybridized carbons (Fsp3) is 0.429. The van der Waals surface area contributed by atoms with E-state index in [0.717, 1.165) is 19.6 Å². The monoisotopic (exact) mass is 216 g/mol. The molecule has 1 heterocycles. The molecule has 0 bridgehead atoms. The number of fused-ring (bicyclic) bond motifs is 1. The third-order valence-corrected chi connectivity index (χ3v) is 3.17. The molecular formula is C14H20N2. The van der Waals surface area contributed by atoms with E-state index in [4.69, 9.17) is 0 Å². The van der Waals surface area contributed by atoms with E-state index < -0.39 is 0 Å². The number of nitrogens with zero attached hydrogens (tertiary/aromatic N) is 1. The molecule has 1 unspecified atom stereocenters. The van der Waals surface area contributed by atoms with Gasteiger partial charge in [-0.1, -0.05) is 24.3 Å². The van der Waals surface area contributed by atoms with Crippen LogP contribution in [0.1, 0.15) is 12.5 Å². The van der Waals surface area contributed by atoms with Gasteiger partial charge in [0.2, 0.25) is 0 Å². The van der Waals surface area contributed by atoms with Gasteiger partial charge in [0.1, 0.15) is 0 Å². The van der Waals surface area contributed by atoms with E-state index in [9.17, 15) is 0 Å². The summed E-state index contributed by atoms with van der Waals surface area (Å²) in [6.45, 7) is 8.99. The van der Waals surface area contributed by atoms with Crippen LogP contribution in [0.25, 0.3) is 0 Å². The van der Waals surface area contributed by atoms with E-state index in [-0.39, 0.29) is 0 Å². The van der Waals surface area contributed by atoms with Crippen LogP contribution in [0.15, 0.2) is 36.9 Å². The minimum absolute atomic E-state index is 0.628. The molecule has 0 aliphatic carbocycles. The molecule has 1 aliphatic rings. The normalized spacial score (nSPS) is 18.6. The highest BCUT2D eigenvalue weighted by Gasteiger charge is 2.24. The maximum Gasteiger partial charge on any atom is 0.0402 e. The Labute approximate surface area is 98.0 Å². The van der Waals surface area contributed by atoms with Crippen molar-refractivity contribution in [2.45, 2.75) is 19.4 Å². The van der Waals surface area contributed by atoms with Crippen LogP contribution >= 0.6 is 0 Å². The average Bonchev–Trinajstić information content (AvgIpc) is 2.61. The first-order valence-corrected chi connectivity index (χ1v) is 5.99. The molecule has 2 rings (SSSR count). The second kappa shape index (κ2) is 5.17. The lowest BCUT2D eigenvalue weighted by molar-refractivity contribution is 0.637. The summed E-state index contributed by atoms with van der Waals surface area (Å²) in [4.78, 5) is 2.49. The summed E-state index contributed by atoms with van der Waals surface area (Å²) in [5, 5.41) is 3.35. The largest absolute Gasteiger partial charge is 0.367 e. The smallest absolute Gasteiger partial charge is 0.0402 e. The maximum absolute atomic E-state index is 3.70. The zero-order valence-electron chi connectivity index (χ0n) is 9.95. The molecule has 2 heteroatoms. The van der Waals surface area contributed by atoms with Crippen LogP contribution in [0.5, 0.6) is 0 Å². The molecule has 16 heavy (non-hydrogen) atoms. The van der Waals surface area contributed by atoms with E-state index in [1.807, 2.05) is 6.08 Å². The number of hydrogen-bond acceptors (Lipinski definition) is 2. The van der Waals surface area contributed by atoms with Crippen molar-refractivity contribution in [1.82, 2.24) is 5.32 Å². The number of nitrogens with one attached hydrogen (secondary N) is 1. The Morgan fingerprint density at radius 2 is 2.31 bits per heavy atom. The average molecular weight is 216 g/mol. The molecule has 1 atom stereocenters. The topological polar surface area (TPSA) is 15.3 Å². The Balaban J connectivity index is 1.96. The number of rotatable bonds is 5. The van der Waals surface area contributed by atoms with Crippen molar-refractivity contribution in [2.75, 3.05) is 24.5 Å². The van der Waals surface area contributed by atoms with Gasteiger partial charge in [-0.25, -0.2) is 0 Å². The van der Waals surface area contributed by atoms with Crippen LogP contribution in [0, 0.1) is 0 Å². The molecular weight excluding hydrogens is 196 g/mol. The Kier molecular flexibility index (Phi) is 3.62. The predicted octanol–water partition coefficient (Wildman–Crippen LogP) is 2.21. The van der Waals surface area contributed by atoms with E-state index in [2.05, 4.69) is 48.0 Å². The molecule has 1 aliphatic heterocycles. The lowest BCUT2D eigenvalue weighted by Gasteiger charge is -2.24. The molecule has 0 radical (unpaired) electrons. The van der Waals surface area contributed by atoms with Gasteiger partial charge in [-0.15, -0.1) is 6.58 Å². The first kappa shape index (κ1) is 11.2. The summed E-state index contributed by atoms with van der Waals surface area (Å²) in [5.74, 6) is 0. The third kappa shape index (κ3) is 2.27. The Hall–Kier alpha value is -1.28. The quantitative estimate of drug-likeness (QED) is 0.599. The molecule has 0 saturated carbocycles. The van der Waals surface area contributed by atoms with Crippen molar-refractivity contribution in [2.24, 2.45) is 0 Å². The zero-order valence-corrected chi connectivity index (χ0v) is 9.95. The molecule has 86 valence electrons. The Morgan fingerprint density at radius 3 is 3.12 bits per heavy atom. The Morgan fingerprint density at radius 1 is 1.50 bits per heavy atom. The van der Waals surface area contributed by atoms with Gasteiger partial charge in [0.05, 0.1) is 0 Å². The molecule has 2 nitrogen and oxygen atoms in total. The van der Waals surface area contributed by atoms with Crippen LogP contribution in [-0.2, 0) is 6.42 Å². The minimum atomic E-state index is 0.628. The van der Waals surface area contributed by atoms with Crippen molar-refractivity contribution in [3.63, 3.8) is 0 Å².